The van der Waals surface area contributed by atoms with Gasteiger partial charge in [0, 0.05) is 17.4 Å². The minimum absolute atomic E-state index is 0.00581. The molecule has 1 aromatic carbocycles. The summed E-state index contributed by atoms with van der Waals surface area (Å²) in [4.78, 5) is 11.7. The maximum absolute atomic E-state index is 11.7. The van der Waals surface area contributed by atoms with Crippen molar-refractivity contribution in [2.24, 2.45) is 5.92 Å². The van der Waals surface area contributed by atoms with Crippen LogP contribution in [0.4, 0.5) is 0 Å². The van der Waals surface area contributed by atoms with Gasteiger partial charge < -0.3 is 14.9 Å². The lowest BCUT2D eigenvalue weighted by Crippen LogP contribution is -2.45. The third-order valence-electron chi connectivity index (χ3n) is 5.46. The van der Waals surface area contributed by atoms with Gasteiger partial charge >= 0.3 is 5.97 Å². The summed E-state index contributed by atoms with van der Waals surface area (Å²) in [7, 11) is 0. The lowest BCUT2D eigenvalue weighted by Gasteiger charge is -2.46. The molecule has 2 aliphatic rings. The van der Waals surface area contributed by atoms with Crippen LogP contribution in [0.3, 0.4) is 0 Å². The predicted molar refractivity (Wildman–Crippen MR) is 93.0 cm³/mol. The first kappa shape index (κ1) is 16.9. The van der Waals surface area contributed by atoms with Gasteiger partial charge in [-0.2, -0.15) is 0 Å². The third-order valence-corrected chi connectivity index (χ3v) is 5.46. The number of carboxylic acid groups (broad SMARTS) is 1. The molecule has 130 valence electrons. The number of benzene rings is 1. The van der Waals surface area contributed by atoms with Gasteiger partial charge in [-0.05, 0) is 51.7 Å². The van der Waals surface area contributed by atoms with Crippen LogP contribution in [0.25, 0.3) is 0 Å². The largest absolute Gasteiger partial charge is 0.507 e. The Kier molecular flexibility index (Phi) is 4.10. The molecular formula is C20H26O4. The third kappa shape index (κ3) is 2.58. The molecule has 1 aliphatic heterocycles. The molecule has 0 bridgehead atoms. The zero-order chi connectivity index (χ0) is 17.6. The zero-order valence-corrected chi connectivity index (χ0v) is 14.8. The standard InChI is InChI=1S/C20H26O4/c1-5-6-12-10-15-17(18(21)16(12)19(22)23)13-9-11(2)7-8-14(13)20(3,4)24-15/h9-10,13-14,21H,5-8H2,1-4H3,(H,22,23)/t13-,14?/m1/s1. The molecule has 1 unspecified atom stereocenters. The summed E-state index contributed by atoms with van der Waals surface area (Å²) in [6, 6.07) is 1.83. The topological polar surface area (TPSA) is 66.8 Å². The average molecular weight is 330 g/mol. The first-order chi connectivity index (χ1) is 11.3. The summed E-state index contributed by atoms with van der Waals surface area (Å²) < 4.78 is 6.24. The Bertz CT molecular complexity index is 715. The Labute approximate surface area is 143 Å². The molecule has 1 heterocycles. The number of carbonyl (C=O) groups is 1. The Morgan fingerprint density at radius 1 is 1.42 bits per heavy atom. The number of phenols is 1. The van der Waals surface area contributed by atoms with Crippen LogP contribution in [0.15, 0.2) is 17.7 Å². The fourth-order valence-corrected chi connectivity index (χ4v) is 4.32. The molecular weight excluding hydrogens is 304 g/mol. The molecule has 0 radical (unpaired) electrons. The molecule has 1 aliphatic carbocycles. The number of carboxylic acids is 1. The summed E-state index contributed by atoms with van der Waals surface area (Å²) >= 11 is 0. The predicted octanol–water partition coefficient (Wildman–Crippen LogP) is 4.65. The maximum atomic E-state index is 11.7. The zero-order valence-electron chi connectivity index (χ0n) is 14.8. The van der Waals surface area contributed by atoms with Gasteiger partial charge in [-0.3, -0.25) is 0 Å². The molecule has 1 aromatic rings. The van der Waals surface area contributed by atoms with E-state index in [1.807, 2.05) is 13.0 Å². The number of hydrogen-bond acceptors (Lipinski definition) is 3. The van der Waals surface area contributed by atoms with Crippen LogP contribution >= 0.6 is 0 Å². The van der Waals surface area contributed by atoms with Gasteiger partial charge in [-0.15, -0.1) is 0 Å². The van der Waals surface area contributed by atoms with Crippen molar-refractivity contribution in [1.29, 1.82) is 0 Å². The fourth-order valence-electron chi connectivity index (χ4n) is 4.32. The first-order valence-corrected chi connectivity index (χ1v) is 8.74. The van der Waals surface area contributed by atoms with E-state index in [1.165, 1.54) is 5.57 Å². The lowest BCUT2D eigenvalue weighted by atomic mass is 9.67. The molecule has 24 heavy (non-hydrogen) atoms. The van der Waals surface area contributed by atoms with Crippen LogP contribution in [0, 0.1) is 5.92 Å². The number of aromatic hydroxyl groups is 1. The highest BCUT2D eigenvalue weighted by molar-refractivity contribution is 5.94. The second-order valence-electron chi connectivity index (χ2n) is 7.62. The van der Waals surface area contributed by atoms with Crippen LogP contribution in [0.5, 0.6) is 11.5 Å². The number of ether oxygens (including phenoxy) is 1. The second-order valence-corrected chi connectivity index (χ2v) is 7.62. The Morgan fingerprint density at radius 2 is 2.12 bits per heavy atom. The van der Waals surface area contributed by atoms with E-state index < -0.39 is 5.97 Å². The Balaban J connectivity index is 2.26. The van der Waals surface area contributed by atoms with E-state index in [9.17, 15) is 15.0 Å². The Morgan fingerprint density at radius 3 is 2.75 bits per heavy atom. The van der Waals surface area contributed by atoms with Gasteiger partial charge in [0.1, 0.15) is 22.7 Å². The molecule has 0 amide bonds. The van der Waals surface area contributed by atoms with Crippen molar-refractivity contribution in [3.05, 3.63) is 34.4 Å². The van der Waals surface area contributed by atoms with Crippen molar-refractivity contribution < 1.29 is 19.7 Å². The number of rotatable bonds is 3. The van der Waals surface area contributed by atoms with Crippen LogP contribution in [0.2, 0.25) is 0 Å². The quantitative estimate of drug-likeness (QED) is 0.791. The van der Waals surface area contributed by atoms with Gasteiger partial charge in [0.15, 0.2) is 0 Å². The van der Waals surface area contributed by atoms with Crippen molar-refractivity contribution >= 4 is 5.97 Å². The van der Waals surface area contributed by atoms with E-state index in [-0.39, 0.29) is 28.7 Å². The molecule has 2 N–H and O–H groups in total. The average Bonchev–Trinajstić information content (AvgIpc) is 2.45. The molecule has 4 heteroatoms. The van der Waals surface area contributed by atoms with Crippen molar-refractivity contribution in [2.45, 2.75) is 64.9 Å². The highest BCUT2D eigenvalue weighted by Gasteiger charge is 2.46. The van der Waals surface area contributed by atoms with Crippen LogP contribution in [0.1, 0.15) is 74.4 Å². The molecule has 0 aromatic heterocycles. The molecule has 3 rings (SSSR count). The van der Waals surface area contributed by atoms with E-state index >= 15 is 0 Å². The van der Waals surface area contributed by atoms with Crippen LogP contribution < -0.4 is 4.74 Å². The first-order valence-electron chi connectivity index (χ1n) is 8.74. The van der Waals surface area contributed by atoms with E-state index in [1.54, 1.807) is 0 Å². The van der Waals surface area contributed by atoms with Gasteiger partial charge in [0.25, 0.3) is 0 Å². The second kappa shape index (κ2) is 5.83. The number of aryl methyl sites for hydroxylation is 1. The number of fused-ring (bicyclic) bond motifs is 3. The van der Waals surface area contributed by atoms with Crippen molar-refractivity contribution in [3.8, 4) is 11.5 Å². The lowest BCUT2D eigenvalue weighted by molar-refractivity contribution is 0.0106. The molecule has 0 saturated heterocycles. The number of aromatic carboxylic acids is 1. The fraction of sp³-hybridized carbons (Fsp3) is 0.550. The highest BCUT2D eigenvalue weighted by Crippen LogP contribution is 2.54. The number of allylic oxidation sites excluding steroid dienone is 2. The molecule has 0 spiro atoms. The minimum Gasteiger partial charge on any atom is -0.507 e. The summed E-state index contributed by atoms with van der Waals surface area (Å²) in [6.45, 7) is 8.27. The van der Waals surface area contributed by atoms with E-state index in [0.29, 0.717) is 23.3 Å². The normalized spacial score (nSPS) is 24.4. The molecule has 0 fully saturated rings. The monoisotopic (exact) mass is 330 g/mol. The SMILES string of the molecule is CCCc1cc2c(c(O)c1C(=O)O)[C@@H]1C=C(C)CCC1C(C)(C)O2. The van der Waals surface area contributed by atoms with Crippen LogP contribution in [-0.2, 0) is 6.42 Å². The summed E-state index contributed by atoms with van der Waals surface area (Å²) in [5.74, 6) is -0.306. The number of hydrogen-bond donors (Lipinski definition) is 2. The molecule has 2 atom stereocenters. The summed E-state index contributed by atoms with van der Waals surface area (Å²) in [6.07, 6.45) is 5.60. The highest BCUT2D eigenvalue weighted by atomic mass is 16.5. The van der Waals surface area contributed by atoms with Crippen molar-refractivity contribution in [2.75, 3.05) is 0 Å². The van der Waals surface area contributed by atoms with Crippen LogP contribution in [-0.4, -0.2) is 21.8 Å². The summed E-state index contributed by atoms with van der Waals surface area (Å²) in [5.41, 5.74) is 2.28. The van der Waals surface area contributed by atoms with Gasteiger partial charge in [-0.25, -0.2) is 4.79 Å². The Hall–Kier alpha value is -1.97. The summed E-state index contributed by atoms with van der Waals surface area (Å²) in [5, 5.41) is 20.4. The van der Waals surface area contributed by atoms with E-state index in [0.717, 1.165) is 19.3 Å². The van der Waals surface area contributed by atoms with Gasteiger partial charge in [0.05, 0.1) is 0 Å². The minimum atomic E-state index is -1.07. The van der Waals surface area contributed by atoms with Crippen molar-refractivity contribution in [1.82, 2.24) is 0 Å². The smallest absolute Gasteiger partial charge is 0.339 e. The van der Waals surface area contributed by atoms with Gasteiger partial charge in [-0.1, -0.05) is 25.0 Å². The molecule has 0 saturated carbocycles. The molecule has 4 nitrogen and oxygen atoms in total. The van der Waals surface area contributed by atoms with Crippen molar-refractivity contribution in [3.63, 3.8) is 0 Å². The maximum Gasteiger partial charge on any atom is 0.339 e. The van der Waals surface area contributed by atoms with E-state index in [2.05, 4.69) is 26.8 Å². The van der Waals surface area contributed by atoms with E-state index in [4.69, 9.17) is 4.74 Å². The van der Waals surface area contributed by atoms with Gasteiger partial charge in [0.2, 0.25) is 0 Å².